The van der Waals surface area contributed by atoms with Crippen molar-refractivity contribution >= 4 is 27.2 Å². The Morgan fingerprint density at radius 2 is 1.94 bits per heavy atom. The molecule has 16 heavy (non-hydrogen) atoms. The highest BCUT2D eigenvalue weighted by atomic mass is 79.9. The molecule has 0 aliphatic heterocycles. The maximum Gasteiger partial charge on any atom is 0.230 e. The summed E-state index contributed by atoms with van der Waals surface area (Å²) in [5, 5.41) is 0. The van der Waals surface area contributed by atoms with Crippen molar-refractivity contribution in [2.24, 2.45) is 0 Å². The molecule has 0 N–H and O–H groups in total. The maximum atomic E-state index is 5.63. The van der Waals surface area contributed by atoms with Gasteiger partial charge in [-0.15, -0.1) is 0 Å². The van der Waals surface area contributed by atoms with E-state index in [0.717, 1.165) is 10.0 Å². The average Bonchev–Trinajstić information content (AvgIpc) is 2.73. The van der Waals surface area contributed by atoms with Gasteiger partial charge in [0.1, 0.15) is 0 Å². The van der Waals surface area contributed by atoms with Crippen molar-refractivity contribution in [3.05, 3.63) is 47.1 Å². The molecule has 3 rings (SSSR count). The van der Waals surface area contributed by atoms with E-state index in [-0.39, 0.29) is 0 Å². The molecule has 0 amide bonds. The number of nitrogens with zero attached hydrogens (tertiary/aromatic N) is 2. The molecule has 0 spiro atoms. The molecule has 0 fully saturated rings. The van der Waals surface area contributed by atoms with E-state index in [1.54, 1.807) is 6.20 Å². The molecule has 78 valence electrons. The smallest absolute Gasteiger partial charge is 0.230 e. The molecule has 0 saturated carbocycles. The lowest BCUT2D eigenvalue weighted by molar-refractivity contribution is 0.619. The van der Waals surface area contributed by atoms with E-state index in [4.69, 9.17) is 4.42 Å². The topological polar surface area (TPSA) is 38.9 Å². The molecule has 0 atom stereocenters. The standard InChI is InChI=1S/C12H7BrN2O/c13-9-5-2-1-4-8(9)12-15-11-10(16-12)6-3-7-14-11/h1-7H. The lowest BCUT2D eigenvalue weighted by Crippen LogP contribution is -1.78. The van der Waals surface area contributed by atoms with Crippen LogP contribution in [0.4, 0.5) is 0 Å². The Balaban J connectivity index is 2.23. The molecular weight excluding hydrogens is 268 g/mol. The molecule has 1 aromatic carbocycles. The van der Waals surface area contributed by atoms with E-state index < -0.39 is 0 Å². The van der Waals surface area contributed by atoms with Crippen LogP contribution in [-0.4, -0.2) is 9.97 Å². The lowest BCUT2D eigenvalue weighted by atomic mass is 10.2. The van der Waals surface area contributed by atoms with Crippen LogP contribution >= 0.6 is 15.9 Å². The van der Waals surface area contributed by atoms with E-state index in [1.165, 1.54) is 0 Å². The molecule has 2 heterocycles. The normalized spacial score (nSPS) is 10.8. The van der Waals surface area contributed by atoms with Crippen molar-refractivity contribution in [2.45, 2.75) is 0 Å². The Hall–Kier alpha value is -1.68. The van der Waals surface area contributed by atoms with Crippen LogP contribution in [0.15, 0.2) is 51.5 Å². The summed E-state index contributed by atoms with van der Waals surface area (Å²) in [7, 11) is 0. The Morgan fingerprint density at radius 3 is 2.75 bits per heavy atom. The van der Waals surface area contributed by atoms with Crippen molar-refractivity contribution in [1.29, 1.82) is 0 Å². The van der Waals surface area contributed by atoms with Gasteiger partial charge in [-0.1, -0.05) is 12.1 Å². The Kier molecular flexibility index (Phi) is 2.22. The van der Waals surface area contributed by atoms with Gasteiger partial charge in [0.05, 0.1) is 5.56 Å². The fourth-order valence-corrected chi connectivity index (χ4v) is 1.97. The fraction of sp³-hybridized carbons (Fsp3) is 0. The first kappa shape index (κ1) is 9.54. The number of benzene rings is 1. The lowest BCUT2D eigenvalue weighted by Gasteiger charge is -1.96. The third-order valence-electron chi connectivity index (χ3n) is 2.27. The highest BCUT2D eigenvalue weighted by Gasteiger charge is 2.10. The fourth-order valence-electron chi connectivity index (χ4n) is 1.52. The van der Waals surface area contributed by atoms with Gasteiger partial charge >= 0.3 is 0 Å². The molecule has 3 nitrogen and oxygen atoms in total. The number of hydrogen-bond acceptors (Lipinski definition) is 3. The predicted octanol–water partition coefficient (Wildman–Crippen LogP) is 3.65. The van der Waals surface area contributed by atoms with Crippen molar-refractivity contribution < 1.29 is 4.42 Å². The van der Waals surface area contributed by atoms with E-state index in [0.29, 0.717) is 17.1 Å². The van der Waals surface area contributed by atoms with E-state index >= 15 is 0 Å². The van der Waals surface area contributed by atoms with Crippen LogP contribution in [-0.2, 0) is 0 Å². The van der Waals surface area contributed by atoms with Crippen molar-refractivity contribution in [2.75, 3.05) is 0 Å². The molecular formula is C12H7BrN2O. The molecule has 3 aromatic rings. The number of hydrogen-bond donors (Lipinski definition) is 0. The number of aromatic nitrogens is 2. The van der Waals surface area contributed by atoms with Gasteiger partial charge in [-0.2, -0.15) is 4.98 Å². The second kappa shape index (κ2) is 3.72. The second-order valence-corrected chi connectivity index (χ2v) is 4.18. The van der Waals surface area contributed by atoms with Gasteiger partial charge < -0.3 is 4.42 Å². The average molecular weight is 275 g/mol. The minimum Gasteiger partial charge on any atom is -0.434 e. The minimum atomic E-state index is 0.584. The summed E-state index contributed by atoms with van der Waals surface area (Å²) in [6.07, 6.45) is 1.70. The number of oxazole rings is 1. The number of pyridine rings is 1. The quantitative estimate of drug-likeness (QED) is 0.680. The summed E-state index contributed by atoms with van der Waals surface area (Å²) >= 11 is 3.47. The van der Waals surface area contributed by atoms with Gasteiger partial charge in [-0.25, -0.2) is 4.98 Å². The van der Waals surface area contributed by atoms with Crippen LogP contribution in [0.5, 0.6) is 0 Å². The summed E-state index contributed by atoms with van der Waals surface area (Å²) in [5.74, 6) is 0.584. The van der Waals surface area contributed by atoms with Gasteiger partial charge in [0.15, 0.2) is 11.2 Å². The molecule has 0 saturated heterocycles. The van der Waals surface area contributed by atoms with E-state index in [1.807, 2.05) is 36.4 Å². The third kappa shape index (κ3) is 1.51. The minimum absolute atomic E-state index is 0.584. The zero-order valence-electron chi connectivity index (χ0n) is 8.22. The molecule has 0 bridgehead atoms. The molecule has 0 aliphatic rings. The summed E-state index contributed by atoms with van der Waals surface area (Å²) in [5.41, 5.74) is 2.27. The van der Waals surface area contributed by atoms with Crippen molar-refractivity contribution in [3.63, 3.8) is 0 Å². The van der Waals surface area contributed by atoms with Crippen LogP contribution in [0.1, 0.15) is 0 Å². The highest BCUT2D eigenvalue weighted by molar-refractivity contribution is 9.10. The van der Waals surface area contributed by atoms with Gasteiger partial charge in [0.25, 0.3) is 0 Å². The molecule has 0 unspecified atom stereocenters. The third-order valence-corrected chi connectivity index (χ3v) is 2.96. The molecule has 4 heteroatoms. The second-order valence-electron chi connectivity index (χ2n) is 3.32. The zero-order valence-corrected chi connectivity index (χ0v) is 9.81. The van der Waals surface area contributed by atoms with Crippen molar-refractivity contribution in [3.8, 4) is 11.5 Å². The van der Waals surface area contributed by atoms with Gasteiger partial charge in [0.2, 0.25) is 5.89 Å². The first-order valence-corrected chi connectivity index (χ1v) is 5.60. The number of rotatable bonds is 1. The monoisotopic (exact) mass is 274 g/mol. The molecule has 0 radical (unpaired) electrons. The largest absolute Gasteiger partial charge is 0.434 e. The van der Waals surface area contributed by atoms with E-state index in [9.17, 15) is 0 Å². The van der Waals surface area contributed by atoms with Gasteiger partial charge in [-0.05, 0) is 40.2 Å². The zero-order chi connectivity index (χ0) is 11.0. The predicted molar refractivity (Wildman–Crippen MR) is 64.9 cm³/mol. The van der Waals surface area contributed by atoms with E-state index in [2.05, 4.69) is 25.9 Å². The summed E-state index contributed by atoms with van der Waals surface area (Å²) in [4.78, 5) is 8.47. The van der Waals surface area contributed by atoms with Crippen molar-refractivity contribution in [1.82, 2.24) is 9.97 Å². The Morgan fingerprint density at radius 1 is 1.06 bits per heavy atom. The molecule has 2 aromatic heterocycles. The number of fused-ring (bicyclic) bond motifs is 1. The SMILES string of the molecule is Brc1ccccc1-c1nc2ncccc2o1. The first-order valence-electron chi connectivity index (χ1n) is 4.81. The summed E-state index contributed by atoms with van der Waals surface area (Å²) in [6.45, 7) is 0. The highest BCUT2D eigenvalue weighted by Crippen LogP contribution is 2.29. The van der Waals surface area contributed by atoms with Crippen LogP contribution < -0.4 is 0 Å². The Bertz CT molecular complexity index is 615. The van der Waals surface area contributed by atoms with Crippen LogP contribution in [0, 0.1) is 0 Å². The van der Waals surface area contributed by atoms with Crippen LogP contribution in [0.25, 0.3) is 22.7 Å². The molecule has 0 aliphatic carbocycles. The van der Waals surface area contributed by atoms with Crippen LogP contribution in [0.3, 0.4) is 0 Å². The van der Waals surface area contributed by atoms with Crippen LogP contribution in [0.2, 0.25) is 0 Å². The Labute approximate surface area is 100 Å². The maximum absolute atomic E-state index is 5.63. The summed E-state index contributed by atoms with van der Waals surface area (Å²) in [6, 6.07) is 11.5. The van der Waals surface area contributed by atoms with Gasteiger partial charge in [-0.3, -0.25) is 0 Å². The number of halogens is 1. The summed E-state index contributed by atoms with van der Waals surface area (Å²) < 4.78 is 6.59. The van der Waals surface area contributed by atoms with Gasteiger partial charge in [0, 0.05) is 10.7 Å². The first-order chi connectivity index (χ1) is 7.84.